The van der Waals surface area contributed by atoms with E-state index in [4.69, 9.17) is 30.1 Å². The summed E-state index contributed by atoms with van der Waals surface area (Å²) in [6.45, 7) is 0.557. The third kappa shape index (κ3) is 6.40. The van der Waals surface area contributed by atoms with Gasteiger partial charge in [-0.3, -0.25) is 10.2 Å². The van der Waals surface area contributed by atoms with Crippen molar-refractivity contribution in [2.75, 3.05) is 39.5 Å². The Balaban J connectivity index is 1.84. The van der Waals surface area contributed by atoms with E-state index < -0.39 is 11.9 Å². The summed E-state index contributed by atoms with van der Waals surface area (Å²) in [5, 5.41) is 12.0. The molecule has 0 aromatic heterocycles. The van der Waals surface area contributed by atoms with Gasteiger partial charge in [-0.15, -0.1) is 0 Å². The Kier molecular flexibility index (Phi) is 8.88. The highest BCUT2D eigenvalue weighted by atomic mass is 16.7. The van der Waals surface area contributed by atoms with E-state index in [0.29, 0.717) is 52.5 Å². The number of nitrogens with two attached hydrogens (primary N) is 1. The third-order valence-electron chi connectivity index (χ3n) is 5.97. The number of nitrogen functional groups attached to an aromatic ring is 1. The average Bonchev–Trinajstić information content (AvgIpc) is 2.95. The molecule has 0 saturated carbocycles. The van der Waals surface area contributed by atoms with Gasteiger partial charge in [-0.1, -0.05) is 30.3 Å². The normalized spacial score (nSPS) is 10.7. The highest BCUT2D eigenvalue weighted by Crippen LogP contribution is 2.35. The van der Waals surface area contributed by atoms with Crippen molar-refractivity contribution in [3.63, 3.8) is 0 Å². The Morgan fingerprint density at radius 1 is 0.846 bits per heavy atom. The van der Waals surface area contributed by atoms with Crippen LogP contribution in [0.2, 0.25) is 0 Å². The first-order valence-corrected chi connectivity index (χ1v) is 12.1. The first kappa shape index (κ1) is 27.3. The van der Waals surface area contributed by atoms with Gasteiger partial charge in [0.2, 0.25) is 0 Å². The molecule has 0 bridgehead atoms. The van der Waals surface area contributed by atoms with Crippen molar-refractivity contribution in [2.45, 2.75) is 0 Å². The number of carbonyl (C=O) groups is 2. The number of amidine groups is 1. The molecule has 0 fully saturated rings. The van der Waals surface area contributed by atoms with Crippen molar-refractivity contribution in [1.82, 2.24) is 0 Å². The van der Waals surface area contributed by atoms with Crippen molar-refractivity contribution in [2.24, 2.45) is 5.73 Å². The van der Waals surface area contributed by atoms with E-state index in [1.165, 1.54) is 7.11 Å². The number of fused-ring (bicyclic) bond motifs is 1. The summed E-state index contributed by atoms with van der Waals surface area (Å²) >= 11 is 0. The van der Waals surface area contributed by atoms with Crippen LogP contribution in [0.4, 0.5) is 5.69 Å². The van der Waals surface area contributed by atoms with E-state index >= 15 is 0 Å². The topological polar surface area (TPSA) is 133 Å². The number of anilines is 1. The molecule has 9 heteroatoms. The van der Waals surface area contributed by atoms with Crippen LogP contribution in [0.3, 0.4) is 0 Å². The van der Waals surface area contributed by atoms with Gasteiger partial charge in [0.1, 0.15) is 18.2 Å². The Bertz CT molecular complexity index is 1500. The van der Waals surface area contributed by atoms with Gasteiger partial charge in [0.25, 0.3) is 5.91 Å². The lowest BCUT2D eigenvalue weighted by Gasteiger charge is -2.17. The average molecular weight is 528 g/mol. The zero-order chi connectivity index (χ0) is 27.8. The number of amides is 1. The van der Waals surface area contributed by atoms with E-state index in [1.807, 2.05) is 24.3 Å². The Morgan fingerprint density at radius 3 is 2.33 bits per heavy atom. The van der Waals surface area contributed by atoms with E-state index in [9.17, 15) is 9.59 Å². The van der Waals surface area contributed by atoms with Gasteiger partial charge in [0.15, 0.2) is 6.79 Å². The van der Waals surface area contributed by atoms with Crippen molar-refractivity contribution >= 4 is 34.2 Å². The molecule has 0 heterocycles. The first-order chi connectivity index (χ1) is 18.9. The van der Waals surface area contributed by atoms with E-state index in [1.54, 1.807) is 61.7 Å². The summed E-state index contributed by atoms with van der Waals surface area (Å²) in [4.78, 5) is 26.6. The maximum absolute atomic E-state index is 13.7. The molecule has 0 atom stereocenters. The number of rotatable bonds is 11. The zero-order valence-electron chi connectivity index (χ0n) is 21.7. The number of methoxy groups -OCH3 is 2. The highest BCUT2D eigenvalue weighted by Gasteiger charge is 2.21. The van der Waals surface area contributed by atoms with Gasteiger partial charge in [-0.05, 0) is 65.0 Å². The van der Waals surface area contributed by atoms with Crippen LogP contribution in [0, 0.1) is 5.41 Å². The SMILES string of the molecule is COCCOc1cccc2cc(-c3ccccc3C(=O)OCOC)c(C(=O)Nc3ccc(C(=N)N)cc3)cc12. The van der Waals surface area contributed by atoms with Crippen LogP contribution in [-0.4, -0.2) is 51.9 Å². The second kappa shape index (κ2) is 12.7. The molecule has 39 heavy (non-hydrogen) atoms. The first-order valence-electron chi connectivity index (χ1n) is 12.1. The van der Waals surface area contributed by atoms with Gasteiger partial charge >= 0.3 is 5.97 Å². The van der Waals surface area contributed by atoms with Crippen molar-refractivity contribution in [1.29, 1.82) is 5.41 Å². The maximum atomic E-state index is 13.7. The minimum Gasteiger partial charge on any atom is -0.491 e. The fraction of sp³-hybridized carbons (Fsp3) is 0.167. The van der Waals surface area contributed by atoms with Gasteiger partial charge in [0.05, 0.1) is 12.2 Å². The molecule has 0 saturated heterocycles. The van der Waals surface area contributed by atoms with Crippen molar-refractivity contribution in [3.05, 3.63) is 95.6 Å². The van der Waals surface area contributed by atoms with Crippen LogP contribution in [0.15, 0.2) is 78.9 Å². The lowest BCUT2D eigenvalue weighted by Crippen LogP contribution is -2.15. The standard InChI is InChI=1S/C30H29N3O6/c1-36-14-15-38-27-9-5-6-20-16-25(22-7-3-4-8-23(22)30(35)39-18-37-2)26(17-24(20)27)29(34)33-21-12-10-19(11-13-21)28(31)32/h3-13,16-17H,14-15,18H2,1-2H3,(H3,31,32)(H,33,34). The Hall–Kier alpha value is -4.73. The molecule has 0 radical (unpaired) electrons. The van der Waals surface area contributed by atoms with Crippen molar-refractivity contribution < 1.29 is 28.5 Å². The smallest absolute Gasteiger partial charge is 0.340 e. The summed E-state index contributed by atoms with van der Waals surface area (Å²) in [5.74, 6) is -0.434. The minimum atomic E-state index is -0.574. The largest absolute Gasteiger partial charge is 0.491 e. The predicted molar refractivity (Wildman–Crippen MR) is 149 cm³/mol. The molecule has 200 valence electrons. The fourth-order valence-electron chi connectivity index (χ4n) is 4.09. The molecule has 4 aromatic rings. The molecule has 0 aliphatic carbocycles. The number of hydrogen-bond donors (Lipinski definition) is 3. The van der Waals surface area contributed by atoms with Gasteiger partial charge in [0, 0.05) is 36.4 Å². The molecule has 1 amide bonds. The third-order valence-corrected chi connectivity index (χ3v) is 5.97. The summed E-state index contributed by atoms with van der Waals surface area (Å²) in [6.07, 6.45) is 0. The molecule has 9 nitrogen and oxygen atoms in total. The maximum Gasteiger partial charge on any atom is 0.340 e. The number of nitrogens with one attached hydrogen (secondary N) is 2. The predicted octanol–water partition coefficient (Wildman–Crippen LogP) is 4.83. The molecule has 0 unspecified atom stereocenters. The van der Waals surface area contributed by atoms with Crippen LogP contribution >= 0.6 is 0 Å². The number of hydrogen-bond acceptors (Lipinski definition) is 7. The van der Waals surface area contributed by atoms with Crippen molar-refractivity contribution in [3.8, 4) is 16.9 Å². The number of carbonyl (C=O) groups excluding carboxylic acids is 2. The minimum absolute atomic E-state index is 0.0670. The monoisotopic (exact) mass is 527 g/mol. The summed E-state index contributed by atoms with van der Waals surface area (Å²) in [6, 6.07) is 22.8. The van der Waals surface area contributed by atoms with Gasteiger partial charge < -0.3 is 30.0 Å². The molecule has 4 aromatic carbocycles. The van der Waals surface area contributed by atoms with Crippen LogP contribution in [0.5, 0.6) is 5.75 Å². The summed E-state index contributed by atoms with van der Waals surface area (Å²) in [5.41, 5.74) is 8.31. The lowest BCUT2D eigenvalue weighted by molar-refractivity contribution is -0.0124. The fourth-order valence-corrected chi connectivity index (χ4v) is 4.09. The van der Waals surface area contributed by atoms with Crippen LogP contribution in [0.25, 0.3) is 21.9 Å². The Morgan fingerprint density at radius 2 is 1.62 bits per heavy atom. The number of ether oxygens (including phenoxy) is 4. The van der Waals surface area contributed by atoms with Crippen LogP contribution in [-0.2, 0) is 14.2 Å². The molecule has 4 rings (SSSR count). The van der Waals surface area contributed by atoms with E-state index in [-0.39, 0.29) is 12.6 Å². The number of benzene rings is 4. The second-order valence-electron chi connectivity index (χ2n) is 8.55. The van der Waals surface area contributed by atoms with E-state index in [2.05, 4.69) is 5.32 Å². The summed E-state index contributed by atoms with van der Waals surface area (Å²) < 4.78 is 21.1. The van der Waals surface area contributed by atoms with E-state index in [0.717, 1.165) is 10.8 Å². The second-order valence-corrected chi connectivity index (χ2v) is 8.55. The zero-order valence-corrected chi connectivity index (χ0v) is 21.7. The molecule has 0 spiro atoms. The molecule has 0 aliphatic heterocycles. The lowest BCUT2D eigenvalue weighted by atomic mass is 9.91. The Labute approximate surface area is 225 Å². The summed E-state index contributed by atoms with van der Waals surface area (Å²) in [7, 11) is 3.03. The quantitative estimate of drug-likeness (QED) is 0.0837. The molecular weight excluding hydrogens is 498 g/mol. The molecule has 4 N–H and O–H groups in total. The molecular formula is C30H29N3O6. The van der Waals surface area contributed by atoms with Crippen LogP contribution < -0.4 is 15.8 Å². The van der Waals surface area contributed by atoms with Gasteiger partial charge in [-0.2, -0.15) is 0 Å². The number of esters is 1. The van der Waals surface area contributed by atoms with Gasteiger partial charge in [-0.25, -0.2) is 4.79 Å². The van der Waals surface area contributed by atoms with Crippen LogP contribution in [0.1, 0.15) is 26.3 Å². The molecule has 0 aliphatic rings. The highest BCUT2D eigenvalue weighted by molar-refractivity contribution is 6.13.